The van der Waals surface area contributed by atoms with Crippen LogP contribution in [0.3, 0.4) is 0 Å². The van der Waals surface area contributed by atoms with Gasteiger partial charge in [0, 0.05) is 32.7 Å². The van der Waals surface area contributed by atoms with E-state index in [1.54, 1.807) is 0 Å². The third-order valence-electron chi connectivity index (χ3n) is 6.22. The molecule has 0 bridgehead atoms. The first kappa shape index (κ1) is 20.6. The molecule has 1 N–H and O–H groups in total. The summed E-state index contributed by atoms with van der Waals surface area (Å²) in [5.74, 6) is 0.0914. The molecule has 2 heterocycles. The van der Waals surface area contributed by atoms with Gasteiger partial charge in [-0.2, -0.15) is 0 Å². The van der Waals surface area contributed by atoms with Gasteiger partial charge in [-0.25, -0.2) is 0 Å². The van der Waals surface area contributed by atoms with Crippen molar-refractivity contribution in [2.75, 3.05) is 26.2 Å². The van der Waals surface area contributed by atoms with E-state index < -0.39 is 0 Å². The predicted molar refractivity (Wildman–Crippen MR) is 119 cm³/mol. The summed E-state index contributed by atoms with van der Waals surface area (Å²) in [6.45, 7) is 3.74. The summed E-state index contributed by atoms with van der Waals surface area (Å²) in [7, 11) is 0. The van der Waals surface area contributed by atoms with Gasteiger partial charge in [-0.1, -0.05) is 67.4 Å². The summed E-state index contributed by atoms with van der Waals surface area (Å²) in [5.41, 5.74) is 3.54. The third kappa shape index (κ3) is 5.08. The largest absolute Gasteiger partial charge is 0.353 e. The second kappa shape index (κ2) is 9.90. The van der Waals surface area contributed by atoms with Gasteiger partial charge in [0.2, 0.25) is 11.8 Å². The minimum atomic E-state index is -0.386. The molecule has 2 amide bonds. The van der Waals surface area contributed by atoms with Crippen LogP contribution in [0.5, 0.6) is 0 Å². The molecule has 5 nitrogen and oxygen atoms in total. The van der Waals surface area contributed by atoms with Crippen LogP contribution in [0.1, 0.15) is 37.7 Å². The summed E-state index contributed by atoms with van der Waals surface area (Å²) in [6, 6.07) is 18.4. The summed E-state index contributed by atoms with van der Waals surface area (Å²) < 4.78 is 0. The number of rotatable bonds is 5. The van der Waals surface area contributed by atoms with Crippen molar-refractivity contribution in [2.45, 2.75) is 44.7 Å². The zero-order chi connectivity index (χ0) is 20.8. The molecular weight excluding hydrogens is 374 g/mol. The SMILES string of the molecule is O=C1NCCN(Cc2ccc(-c3ccccc3)cc2)C1CC(=O)N1CCCCCC1. The number of hydrogen-bond acceptors (Lipinski definition) is 3. The van der Waals surface area contributed by atoms with Gasteiger partial charge in [0.15, 0.2) is 0 Å². The molecule has 2 saturated heterocycles. The van der Waals surface area contributed by atoms with E-state index >= 15 is 0 Å². The fourth-order valence-electron chi connectivity index (χ4n) is 4.46. The monoisotopic (exact) mass is 405 g/mol. The van der Waals surface area contributed by atoms with E-state index in [-0.39, 0.29) is 24.3 Å². The molecule has 158 valence electrons. The topological polar surface area (TPSA) is 52.7 Å². The first-order valence-corrected chi connectivity index (χ1v) is 11.1. The lowest BCUT2D eigenvalue weighted by atomic mass is 10.0. The van der Waals surface area contributed by atoms with Crippen molar-refractivity contribution >= 4 is 11.8 Å². The quantitative estimate of drug-likeness (QED) is 0.829. The van der Waals surface area contributed by atoms with E-state index in [1.165, 1.54) is 24.0 Å². The standard InChI is InChI=1S/C25H31N3O2/c29-24(27-15-6-1-2-7-16-27)18-23-25(30)26-14-17-28(23)19-20-10-12-22(13-11-20)21-8-4-3-5-9-21/h3-5,8-13,23H,1-2,6-7,14-19H2,(H,26,30). The maximum Gasteiger partial charge on any atom is 0.237 e. The molecule has 4 rings (SSSR count). The molecule has 2 aromatic carbocycles. The Morgan fingerprint density at radius 2 is 1.53 bits per heavy atom. The Kier molecular flexibility index (Phi) is 6.80. The number of nitrogens with zero attached hydrogens (tertiary/aromatic N) is 2. The van der Waals surface area contributed by atoms with Gasteiger partial charge in [-0.05, 0) is 29.5 Å². The Balaban J connectivity index is 1.42. The van der Waals surface area contributed by atoms with Crippen molar-refractivity contribution < 1.29 is 9.59 Å². The first-order valence-electron chi connectivity index (χ1n) is 11.1. The Hall–Kier alpha value is -2.66. The fraction of sp³-hybridized carbons (Fsp3) is 0.440. The fourth-order valence-corrected chi connectivity index (χ4v) is 4.46. The Labute approximate surface area is 179 Å². The smallest absolute Gasteiger partial charge is 0.237 e. The van der Waals surface area contributed by atoms with Gasteiger partial charge in [-0.15, -0.1) is 0 Å². The van der Waals surface area contributed by atoms with E-state index in [1.807, 2.05) is 23.1 Å². The van der Waals surface area contributed by atoms with Crippen molar-refractivity contribution in [1.29, 1.82) is 0 Å². The van der Waals surface area contributed by atoms with Crippen molar-refractivity contribution in [3.8, 4) is 11.1 Å². The van der Waals surface area contributed by atoms with Crippen LogP contribution >= 0.6 is 0 Å². The Morgan fingerprint density at radius 3 is 2.23 bits per heavy atom. The molecule has 0 aliphatic carbocycles. The summed E-state index contributed by atoms with van der Waals surface area (Å²) in [5, 5.41) is 2.95. The van der Waals surface area contributed by atoms with E-state index in [0.717, 1.165) is 38.0 Å². The van der Waals surface area contributed by atoms with Crippen LogP contribution in [-0.2, 0) is 16.1 Å². The number of piperazine rings is 1. The molecule has 1 unspecified atom stereocenters. The Morgan fingerprint density at radius 1 is 0.867 bits per heavy atom. The zero-order valence-corrected chi connectivity index (χ0v) is 17.6. The second-order valence-corrected chi connectivity index (χ2v) is 8.34. The number of benzene rings is 2. The highest BCUT2D eigenvalue weighted by atomic mass is 16.2. The highest BCUT2D eigenvalue weighted by Gasteiger charge is 2.33. The summed E-state index contributed by atoms with van der Waals surface area (Å²) >= 11 is 0. The third-order valence-corrected chi connectivity index (χ3v) is 6.22. The lowest BCUT2D eigenvalue weighted by Crippen LogP contribution is -2.56. The highest BCUT2D eigenvalue weighted by molar-refractivity contribution is 5.88. The van der Waals surface area contributed by atoms with Crippen LogP contribution in [0.4, 0.5) is 0 Å². The van der Waals surface area contributed by atoms with Gasteiger partial charge in [0.25, 0.3) is 0 Å². The molecular formula is C25H31N3O2. The number of carbonyl (C=O) groups is 2. The molecule has 2 aromatic rings. The van der Waals surface area contributed by atoms with Crippen LogP contribution in [0.2, 0.25) is 0 Å². The predicted octanol–water partition coefficient (Wildman–Crippen LogP) is 3.45. The molecule has 30 heavy (non-hydrogen) atoms. The van der Waals surface area contributed by atoms with Crippen molar-refractivity contribution in [3.63, 3.8) is 0 Å². The lowest BCUT2D eigenvalue weighted by molar-refractivity contribution is -0.139. The second-order valence-electron chi connectivity index (χ2n) is 8.34. The highest BCUT2D eigenvalue weighted by Crippen LogP contribution is 2.21. The molecule has 2 aliphatic rings. The van der Waals surface area contributed by atoms with Crippen LogP contribution in [-0.4, -0.2) is 53.8 Å². The van der Waals surface area contributed by atoms with Crippen LogP contribution < -0.4 is 5.32 Å². The van der Waals surface area contributed by atoms with Gasteiger partial charge >= 0.3 is 0 Å². The van der Waals surface area contributed by atoms with Gasteiger partial charge in [-0.3, -0.25) is 14.5 Å². The van der Waals surface area contributed by atoms with Crippen LogP contribution in [0, 0.1) is 0 Å². The number of amides is 2. The molecule has 1 atom stereocenters. The van der Waals surface area contributed by atoms with Crippen LogP contribution in [0.25, 0.3) is 11.1 Å². The Bertz CT molecular complexity index is 842. The van der Waals surface area contributed by atoms with Crippen molar-refractivity contribution in [1.82, 2.24) is 15.1 Å². The molecule has 0 spiro atoms. The number of hydrogen-bond donors (Lipinski definition) is 1. The van der Waals surface area contributed by atoms with Crippen LogP contribution in [0.15, 0.2) is 54.6 Å². The maximum absolute atomic E-state index is 12.9. The molecule has 0 radical (unpaired) electrons. The molecule has 2 fully saturated rings. The van der Waals surface area contributed by atoms with Gasteiger partial charge in [0.05, 0.1) is 12.5 Å². The lowest BCUT2D eigenvalue weighted by Gasteiger charge is -2.35. The zero-order valence-electron chi connectivity index (χ0n) is 17.6. The summed E-state index contributed by atoms with van der Waals surface area (Å²) in [4.78, 5) is 29.6. The molecule has 0 saturated carbocycles. The van der Waals surface area contributed by atoms with E-state index in [4.69, 9.17) is 0 Å². The molecule has 2 aliphatic heterocycles. The first-order chi connectivity index (χ1) is 14.7. The van der Waals surface area contributed by atoms with E-state index in [2.05, 4.69) is 46.6 Å². The van der Waals surface area contributed by atoms with E-state index in [9.17, 15) is 9.59 Å². The maximum atomic E-state index is 12.9. The average molecular weight is 406 g/mol. The minimum absolute atomic E-state index is 0.0228. The minimum Gasteiger partial charge on any atom is -0.353 e. The average Bonchev–Trinajstić information content (AvgIpc) is 3.07. The number of nitrogens with one attached hydrogen (secondary N) is 1. The number of likely N-dealkylation sites (tertiary alicyclic amines) is 1. The van der Waals surface area contributed by atoms with Gasteiger partial charge in [0.1, 0.15) is 0 Å². The van der Waals surface area contributed by atoms with Gasteiger partial charge < -0.3 is 10.2 Å². The normalized spacial score (nSPS) is 20.5. The van der Waals surface area contributed by atoms with Crippen molar-refractivity contribution in [2.24, 2.45) is 0 Å². The van der Waals surface area contributed by atoms with E-state index in [0.29, 0.717) is 13.1 Å². The molecule has 0 aromatic heterocycles. The number of carbonyl (C=O) groups excluding carboxylic acids is 2. The molecule has 5 heteroatoms. The van der Waals surface area contributed by atoms with Crippen molar-refractivity contribution in [3.05, 3.63) is 60.2 Å². The summed E-state index contributed by atoms with van der Waals surface area (Å²) in [6.07, 6.45) is 4.80.